The number of carbonyl (C=O) groups is 1. The average Bonchev–Trinajstić information content (AvgIpc) is 2.45. The normalized spacial score (nSPS) is 10.4. The van der Waals surface area contributed by atoms with Crippen LogP contribution < -0.4 is 11.1 Å². The van der Waals surface area contributed by atoms with E-state index < -0.39 is 5.82 Å². The molecule has 3 nitrogen and oxygen atoms in total. The average molecular weight is 308 g/mol. The van der Waals surface area contributed by atoms with Crippen LogP contribution in [0.5, 0.6) is 0 Å². The number of benzene rings is 2. The van der Waals surface area contributed by atoms with Crippen LogP contribution in [0.15, 0.2) is 47.4 Å². The quantitative estimate of drug-likeness (QED) is 0.654. The molecule has 0 spiro atoms. The molecule has 0 atom stereocenters. The second kappa shape index (κ2) is 7.08. The largest absolute Gasteiger partial charge is 0.399 e. The van der Waals surface area contributed by atoms with Crippen molar-refractivity contribution >= 4 is 29.0 Å². The number of rotatable bonds is 5. The van der Waals surface area contributed by atoms with Crippen molar-refractivity contribution in [2.75, 3.05) is 16.8 Å². The fraction of sp³-hybridized carbons (Fsp3) is 0.133. The van der Waals surface area contributed by atoms with Gasteiger partial charge in [-0.05, 0) is 42.5 Å². The third kappa shape index (κ3) is 4.75. The van der Waals surface area contributed by atoms with Gasteiger partial charge in [0, 0.05) is 22.8 Å². The van der Waals surface area contributed by atoms with Crippen molar-refractivity contribution in [1.82, 2.24) is 0 Å². The summed E-state index contributed by atoms with van der Waals surface area (Å²) in [6.45, 7) is 0. The minimum Gasteiger partial charge on any atom is -0.399 e. The lowest BCUT2D eigenvalue weighted by atomic mass is 10.2. The minimum atomic E-state index is -0.524. The van der Waals surface area contributed by atoms with Gasteiger partial charge in [0.15, 0.2) is 0 Å². The lowest BCUT2D eigenvalue weighted by Gasteiger charge is -2.07. The van der Waals surface area contributed by atoms with Gasteiger partial charge in [-0.3, -0.25) is 4.79 Å². The van der Waals surface area contributed by atoms with Crippen molar-refractivity contribution in [3.05, 3.63) is 54.1 Å². The van der Waals surface area contributed by atoms with E-state index in [-0.39, 0.29) is 23.8 Å². The van der Waals surface area contributed by atoms with Gasteiger partial charge in [-0.25, -0.2) is 8.78 Å². The fourth-order valence-corrected chi connectivity index (χ4v) is 2.50. The predicted molar refractivity (Wildman–Crippen MR) is 81.2 cm³/mol. The van der Waals surface area contributed by atoms with Gasteiger partial charge in [0.2, 0.25) is 5.91 Å². The van der Waals surface area contributed by atoms with Crippen molar-refractivity contribution in [3.8, 4) is 0 Å². The molecule has 2 aromatic carbocycles. The molecule has 6 heteroatoms. The smallest absolute Gasteiger partial charge is 0.225 e. The van der Waals surface area contributed by atoms with Crippen molar-refractivity contribution in [3.63, 3.8) is 0 Å². The first-order valence-electron chi connectivity index (χ1n) is 6.28. The molecule has 1 amide bonds. The van der Waals surface area contributed by atoms with Gasteiger partial charge in [-0.2, -0.15) is 0 Å². The van der Waals surface area contributed by atoms with E-state index in [0.717, 1.165) is 4.90 Å². The number of thioether (sulfide) groups is 1. The summed E-state index contributed by atoms with van der Waals surface area (Å²) in [7, 11) is 0. The first-order valence-corrected chi connectivity index (χ1v) is 7.26. The van der Waals surface area contributed by atoms with Crippen LogP contribution in [0.4, 0.5) is 20.2 Å². The van der Waals surface area contributed by atoms with E-state index >= 15 is 0 Å². The van der Waals surface area contributed by atoms with E-state index in [1.54, 1.807) is 12.1 Å². The molecule has 2 rings (SSSR count). The van der Waals surface area contributed by atoms with Crippen LogP contribution in [-0.2, 0) is 4.79 Å². The van der Waals surface area contributed by atoms with Gasteiger partial charge in [-0.1, -0.05) is 0 Å². The molecular weight excluding hydrogens is 294 g/mol. The maximum Gasteiger partial charge on any atom is 0.225 e. The molecule has 0 radical (unpaired) electrons. The van der Waals surface area contributed by atoms with Crippen LogP contribution in [0, 0.1) is 11.6 Å². The zero-order valence-electron chi connectivity index (χ0n) is 11.1. The van der Waals surface area contributed by atoms with Gasteiger partial charge in [0.05, 0.1) is 5.69 Å². The molecule has 0 saturated heterocycles. The highest BCUT2D eigenvalue weighted by Gasteiger charge is 2.07. The number of anilines is 2. The first-order chi connectivity index (χ1) is 10.0. The highest BCUT2D eigenvalue weighted by Crippen LogP contribution is 2.20. The Kier molecular flexibility index (Phi) is 5.16. The Hall–Kier alpha value is -2.08. The number of amides is 1. The van der Waals surface area contributed by atoms with Crippen LogP contribution >= 0.6 is 11.8 Å². The number of hydrogen-bond acceptors (Lipinski definition) is 3. The number of halogens is 2. The summed E-state index contributed by atoms with van der Waals surface area (Å²) in [5, 5.41) is 2.48. The molecule has 0 aliphatic heterocycles. The Morgan fingerprint density at radius 3 is 2.57 bits per heavy atom. The van der Waals surface area contributed by atoms with Crippen LogP contribution in [0.2, 0.25) is 0 Å². The standard InChI is InChI=1S/C15H14F2N2OS/c16-10-1-4-12(5-2-10)21-8-7-15(20)19-14-9-11(18)3-6-13(14)17/h1-6,9H,7-8,18H2,(H,19,20). The number of hydrogen-bond donors (Lipinski definition) is 2. The molecule has 3 N–H and O–H groups in total. The zero-order chi connectivity index (χ0) is 15.2. The molecule has 0 bridgehead atoms. The summed E-state index contributed by atoms with van der Waals surface area (Å²) < 4.78 is 26.2. The van der Waals surface area contributed by atoms with Crippen LogP contribution in [0.3, 0.4) is 0 Å². The Balaban J connectivity index is 1.82. The molecule has 0 saturated carbocycles. The van der Waals surface area contributed by atoms with Crippen LogP contribution in [-0.4, -0.2) is 11.7 Å². The molecule has 0 unspecified atom stereocenters. The van der Waals surface area contributed by atoms with E-state index in [1.165, 1.54) is 42.1 Å². The first kappa shape index (κ1) is 15.3. The Bertz CT molecular complexity index is 632. The molecule has 0 heterocycles. The highest BCUT2D eigenvalue weighted by atomic mass is 32.2. The maximum atomic E-state index is 13.4. The lowest BCUT2D eigenvalue weighted by Crippen LogP contribution is -2.13. The number of nitrogen functional groups attached to an aromatic ring is 1. The monoisotopic (exact) mass is 308 g/mol. The van der Waals surface area contributed by atoms with E-state index in [4.69, 9.17) is 5.73 Å². The molecular formula is C15H14F2N2OS. The summed E-state index contributed by atoms with van der Waals surface area (Å²) in [5.41, 5.74) is 6.00. The maximum absolute atomic E-state index is 13.4. The predicted octanol–water partition coefficient (Wildman–Crippen LogP) is 3.67. The van der Waals surface area contributed by atoms with Gasteiger partial charge in [-0.15, -0.1) is 11.8 Å². The Morgan fingerprint density at radius 1 is 1.14 bits per heavy atom. The van der Waals surface area contributed by atoms with Crippen LogP contribution in [0.25, 0.3) is 0 Å². The van der Waals surface area contributed by atoms with Gasteiger partial charge >= 0.3 is 0 Å². The van der Waals surface area contributed by atoms with Gasteiger partial charge in [0.25, 0.3) is 0 Å². The minimum absolute atomic E-state index is 0.0757. The van der Waals surface area contributed by atoms with Gasteiger partial charge < -0.3 is 11.1 Å². The van der Waals surface area contributed by atoms with Gasteiger partial charge in [0.1, 0.15) is 11.6 Å². The number of carbonyl (C=O) groups excluding carboxylic acids is 1. The molecule has 2 aromatic rings. The summed E-state index contributed by atoms with van der Waals surface area (Å²) in [6.07, 6.45) is 0.219. The second-order valence-electron chi connectivity index (χ2n) is 4.34. The molecule has 0 aliphatic carbocycles. The lowest BCUT2D eigenvalue weighted by molar-refractivity contribution is -0.115. The molecule has 0 aromatic heterocycles. The van der Waals surface area contributed by atoms with E-state index in [9.17, 15) is 13.6 Å². The third-order valence-electron chi connectivity index (χ3n) is 2.68. The molecule has 21 heavy (non-hydrogen) atoms. The topological polar surface area (TPSA) is 55.1 Å². The zero-order valence-corrected chi connectivity index (χ0v) is 11.9. The summed E-state index contributed by atoms with van der Waals surface area (Å²) in [5.74, 6) is -0.603. The summed E-state index contributed by atoms with van der Waals surface area (Å²) in [4.78, 5) is 12.6. The van der Waals surface area contributed by atoms with Crippen molar-refractivity contribution in [2.24, 2.45) is 0 Å². The van der Waals surface area contributed by atoms with Crippen molar-refractivity contribution < 1.29 is 13.6 Å². The Labute approximate surface area is 125 Å². The number of nitrogens with two attached hydrogens (primary N) is 1. The molecule has 0 aliphatic rings. The SMILES string of the molecule is Nc1ccc(F)c(NC(=O)CCSc2ccc(F)cc2)c1. The van der Waals surface area contributed by atoms with E-state index in [1.807, 2.05) is 0 Å². The molecule has 110 valence electrons. The summed E-state index contributed by atoms with van der Waals surface area (Å²) >= 11 is 1.43. The number of nitrogens with one attached hydrogen (secondary N) is 1. The van der Waals surface area contributed by atoms with E-state index in [2.05, 4.69) is 5.32 Å². The van der Waals surface area contributed by atoms with E-state index in [0.29, 0.717) is 11.4 Å². The fourth-order valence-electron chi connectivity index (χ4n) is 1.64. The van der Waals surface area contributed by atoms with Crippen molar-refractivity contribution in [2.45, 2.75) is 11.3 Å². The molecule has 0 fully saturated rings. The van der Waals surface area contributed by atoms with Crippen molar-refractivity contribution in [1.29, 1.82) is 0 Å². The highest BCUT2D eigenvalue weighted by molar-refractivity contribution is 7.99. The Morgan fingerprint density at radius 2 is 1.86 bits per heavy atom. The third-order valence-corrected chi connectivity index (χ3v) is 3.69. The summed E-state index contributed by atoms with van der Waals surface area (Å²) in [6, 6.07) is 10.0. The van der Waals surface area contributed by atoms with Crippen LogP contribution in [0.1, 0.15) is 6.42 Å². The second-order valence-corrected chi connectivity index (χ2v) is 5.51.